The minimum Gasteiger partial charge on any atom is -0.292 e. The fraction of sp³-hybridized carbons (Fsp3) is 0.0625. The summed E-state index contributed by atoms with van der Waals surface area (Å²) in [6.45, 7) is 0. The van der Waals surface area contributed by atoms with Crippen molar-refractivity contribution in [2.45, 2.75) is 5.16 Å². The van der Waals surface area contributed by atoms with Crippen molar-refractivity contribution >= 4 is 35.2 Å². The van der Waals surface area contributed by atoms with Gasteiger partial charge < -0.3 is 0 Å². The Balaban J connectivity index is 1.61. The lowest BCUT2D eigenvalue weighted by Gasteiger charge is -2.05. The SMILES string of the molecule is O=C(CSc1nnnn1-c1ccc(Cl)cc1)NC(=O)c1ccccc1. The lowest BCUT2D eigenvalue weighted by atomic mass is 10.2. The van der Waals surface area contributed by atoms with Gasteiger partial charge in [0.2, 0.25) is 11.1 Å². The molecule has 0 bridgehead atoms. The summed E-state index contributed by atoms with van der Waals surface area (Å²) in [6, 6.07) is 15.5. The third-order valence-electron chi connectivity index (χ3n) is 3.13. The lowest BCUT2D eigenvalue weighted by Crippen LogP contribution is -2.31. The Bertz CT molecular complexity index is 883. The van der Waals surface area contributed by atoms with E-state index in [9.17, 15) is 9.59 Å². The summed E-state index contributed by atoms with van der Waals surface area (Å²) in [5.74, 6) is -0.861. The van der Waals surface area contributed by atoms with Crippen LogP contribution < -0.4 is 5.32 Å². The predicted molar refractivity (Wildman–Crippen MR) is 93.8 cm³/mol. The highest BCUT2D eigenvalue weighted by Gasteiger charge is 2.14. The molecular weight excluding hydrogens is 362 g/mol. The Labute approximate surface area is 152 Å². The van der Waals surface area contributed by atoms with E-state index in [4.69, 9.17) is 11.6 Å². The molecule has 2 aromatic carbocycles. The Morgan fingerprint density at radius 1 is 1.08 bits per heavy atom. The molecule has 0 fully saturated rings. The molecule has 1 N–H and O–H groups in total. The van der Waals surface area contributed by atoms with Crippen LogP contribution in [0.1, 0.15) is 10.4 Å². The molecule has 1 heterocycles. The summed E-state index contributed by atoms with van der Waals surface area (Å²) in [5, 5.41) is 14.8. The van der Waals surface area contributed by atoms with Gasteiger partial charge in [-0.05, 0) is 46.8 Å². The molecule has 3 rings (SSSR count). The van der Waals surface area contributed by atoms with Gasteiger partial charge in [0.05, 0.1) is 11.4 Å². The average Bonchev–Trinajstić information content (AvgIpc) is 3.10. The standard InChI is InChI=1S/C16H12ClN5O2S/c17-12-6-8-13(9-7-12)22-16(19-20-21-22)25-10-14(23)18-15(24)11-4-2-1-3-5-11/h1-9H,10H2,(H,18,23,24). The van der Waals surface area contributed by atoms with Gasteiger partial charge in [-0.1, -0.05) is 41.6 Å². The van der Waals surface area contributed by atoms with Crippen molar-refractivity contribution in [1.29, 1.82) is 0 Å². The van der Waals surface area contributed by atoms with Crippen LogP contribution in [0.2, 0.25) is 5.02 Å². The number of carbonyl (C=O) groups excluding carboxylic acids is 2. The van der Waals surface area contributed by atoms with E-state index in [1.54, 1.807) is 54.6 Å². The number of nitrogens with zero attached hydrogens (tertiary/aromatic N) is 4. The van der Waals surface area contributed by atoms with Gasteiger partial charge >= 0.3 is 0 Å². The lowest BCUT2D eigenvalue weighted by molar-refractivity contribution is -0.117. The maximum atomic E-state index is 12.0. The van der Waals surface area contributed by atoms with Gasteiger partial charge in [-0.2, -0.15) is 4.68 Å². The topological polar surface area (TPSA) is 89.8 Å². The van der Waals surface area contributed by atoms with Crippen LogP contribution in [0.15, 0.2) is 59.8 Å². The minimum atomic E-state index is -0.441. The Kier molecular flexibility index (Phi) is 5.42. The van der Waals surface area contributed by atoms with E-state index in [1.807, 2.05) is 0 Å². The van der Waals surface area contributed by atoms with E-state index >= 15 is 0 Å². The van der Waals surface area contributed by atoms with Crippen molar-refractivity contribution < 1.29 is 9.59 Å². The molecule has 0 aliphatic carbocycles. The van der Waals surface area contributed by atoms with Crippen molar-refractivity contribution in [2.75, 3.05) is 5.75 Å². The largest absolute Gasteiger partial charge is 0.292 e. The van der Waals surface area contributed by atoms with Crippen LogP contribution >= 0.6 is 23.4 Å². The van der Waals surface area contributed by atoms with Gasteiger partial charge in [0.25, 0.3) is 5.91 Å². The number of aromatic nitrogens is 4. The second kappa shape index (κ2) is 7.91. The molecule has 0 spiro atoms. The van der Waals surface area contributed by atoms with Crippen LogP contribution in [0.25, 0.3) is 5.69 Å². The number of halogens is 1. The summed E-state index contributed by atoms with van der Waals surface area (Å²) >= 11 is 6.99. The van der Waals surface area contributed by atoms with Crippen LogP contribution in [0.4, 0.5) is 0 Å². The second-order valence-electron chi connectivity index (χ2n) is 4.88. The predicted octanol–water partition coefficient (Wildman–Crippen LogP) is 2.36. The molecule has 2 amide bonds. The maximum Gasteiger partial charge on any atom is 0.257 e. The zero-order valence-corrected chi connectivity index (χ0v) is 14.4. The first-order chi connectivity index (χ1) is 12.1. The zero-order valence-electron chi connectivity index (χ0n) is 12.8. The number of amides is 2. The Hall–Kier alpha value is -2.71. The van der Waals surface area contributed by atoms with E-state index in [1.165, 1.54) is 4.68 Å². The number of thioether (sulfide) groups is 1. The summed E-state index contributed by atoms with van der Waals surface area (Å²) in [5.41, 5.74) is 1.14. The van der Waals surface area contributed by atoms with E-state index in [0.29, 0.717) is 15.7 Å². The molecule has 0 unspecified atom stereocenters. The minimum absolute atomic E-state index is 0.00648. The van der Waals surface area contributed by atoms with Crippen molar-refractivity contribution in [3.8, 4) is 5.69 Å². The average molecular weight is 374 g/mol. The highest BCUT2D eigenvalue weighted by atomic mass is 35.5. The number of imide groups is 1. The Morgan fingerprint density at radius 3 is 2.52 bits per heavy atom. The molecule has 0 aliphatic rings. The summed E-state index contributed by atoms with van der Waals surface area (Å²) in [4.78, 5) is 23.9. The molecule has 3 aromatic rings. The van der Waals surface area contributed by atoms with Crippen LogP contribution in [0, 0.1) is 0 Å². The van der Waals surface area contributed by atoms with Gasteiger partial charge in [-0.25, -0.2) is 0 Å². The zero-order chi connectivity index (χ0) is 17.6. The monoisotopic (exact) mass is 373 g/mol. The van der Waals surface area contributed by atoms with Crippen molar-refractivity contribution in [3.63, 3.8) is 0 Å². The third-order valence-corrected chi connectivity index (χ3v) is 4.30. The molecule has 9 heteroatoms. The van der Waals surface area contributed by atoms with Crippen LogP contribution in [-0.4, -0.2) is 37.8 Å². The molecule has 126 valence electrons. The van der Waals surface area contributed by atoms with Crippen LogP contribution in [0.3, 0.4) is 0 Å². The Morgan fingerprint density at radius 2 is 1.80 bits per heavy atom. The number of hydrogen-bond acceptors (Lipinski definition) is 6. The number of rotatable bonds is 5. The highest BCUT2D eigenvalue weighted by molar-refractivity contribution is 7.99. The van der Waals surface area contributed by atoms with Gasteiger partial charge in [0, 0.05) is 10.6 Å². The third kappa shape index (κ3) is 4.43. The van der Waals surface area contributed by atoms with Crippen LogP contribution in [0.5, 0.6) is 0 Å². The maximum absolute atomic E-state index is 12.0. The smallest absolute Gasteiger partial charge is 0.257 e. The summed E-state index contributed by atoms with van der Waals surface area (Å²) < 4.78 is 1.49. The summed E-state index contributed by atoms with van der Waals surface area (Å²) in [6.07, 6.45) is 0. The number of nitrogens with one attached hydrogen (secondary N) is 1. The molecule has 25 heavy (non-hydrogen) atoms. The van der Waals surface area contributed by atoms with Gasteiger partial charge in [-0.3, -0.25) is 14.9 Å². The number of carbonyl (C=O) groups is 2. The van der Waals surface area contributed by atoms with Gasteiger partial charge in [-0.15, -0.1) is 5.10 Å². The molecule has 0 radical (unpaired) electrons. The number of tetrazole rings is 1. The first-order valence-corrected chi connectivity index (χ1v) is 8.56. The van der Waals surface area contributed by atoms with Gasteiger partial charge in [0.15, 0.2) is 0 Å². The van der Waals surface area contributed by atoms with E-state index in [0.717, 1.165) is 17.4 Å². The van der Waals surface area contributed by atoms with Crippen molar-refractivity contribution in [1.82, 2.24) is 25.5 Å². The van der Waals surface area contributed by atoms with E-state index in [-0.39, 0.29) is 5.75 Å². The molecule has 0 saturated heterocycles. The first-order valence-electron chi connectivity index (χ1n) is 7.20. The van der Waals surface area contributed by atoms with Crippen LogP contribution in [-0.2, 0) is 4.79 Å². The number of hydrogen-bond donors (Lipinski definition) is 1. The first kappa shape index (κ1) is 17.1. The van der Waals surface area contributed by atoms with E-state index < -0.39 is 11.8 Å². The molecule has 0 saturated carbocycles. The van der Waals surface area contributed by atoms with Gasteiger partial charge in [0.1, 0.15) is 0 Å². The summed E-state index contributed by atoms with van der Waals surface area (Å²) in [7, 11) is 0. The van der Waals surface area contributed by atoms with E-state index in [2.05, 4.69) is 20.8 Å². The molecule has 0 atom stereocenters. The fourth-order valence-corrected chi connectivity index (χ4v) is 2.78. The molecule has 0 aliphatic heterocycles. The van der Waals surface area contributed by atoms with Crippen molar-refractivity contribution in [3.05, 3.63) is 65.2 Å². The quantitative estimate of drug-likeness (QED) is 0.690. The molecule has 7 nitrogen and oxygen atoms in total. The highest BCUT2D eigenvalue weighted by Crippen LogP contribution is 2.19. The van der Waals surface area contributed by atoms with Crippen molar-refractivity contribution in [2.24, 2.45) is 0 Å². The number of benzene rings is 2. The fourth-order valence-electron chi connectivity index (χ4n) is 1.97. The molecular formula is C16H12ClN5O2S. The second-order valence-corrected chi connectivity index (χ2v) is 6.26. The molecule has 1 aromatic heterocycles. The normalized spacial score (nSPS) is 10.4.